The summed E-state index contributed by atoms with van der Waals surface area (Å²) in [6, 6.07) is 11.0. The van der Waals surface area contributed by atoms with Gasteiger partial charge in [0.2, 0.25) is 0 Å². The Morgan fingerprint density at radius 2 is 1.68 bits per heavy atom. The Morgan fingerprint density at radius 3 is 2.29 bits per heavy atom. The fraction of sp³-hybridized carbons (Fsp3) is 0.227. The van der Waals surface area contributed by atoms with Gasteiger partial charge in [0.1, 0.15) is 5.82 Å². The molecule has 4 rings (SSSR count). The molecule has 1 N–H and O–H groups in total. The molecular weight excluding hydrogens is 473 g/mol. The number of alkyl halides is 3. The molecule has 1 aromatic carbocycles. The number of halogens is 4. The van der Waals surface area contributed by atoms with Crippen LogP contribution in [0.15, 0.2) is 54.7 Å². The summed E-state index contributed by atoms with van der Waals surface area (Å²) < 4.78 is 39.8. The normalized spacial score (nSPS) is 14.1. The quantitative estimate of drug-likeness (QED) is 0.599. The van der Waals surface area contributed by atoms with E-state index in [0.29, 0.717) is 29.7 Å². The molecule has 176 valence electrons. The molecule has 1 fully saturated rings. The monoisotopic (exact) mass is 490 g/mol. The van der Waals surface area contributed by atoms with Crippen molar-refractivity contribution in [1.29, 1.82) is 0 Å². The number of anilines is 2. The minimum absolute atomic E-state index is 0.0815. The number of rotatable bonds is 4. The van der Waals surface area contributed by atoms with Gasteiger partial charge in [0.05, 0.1) is 16.1 Å². The second kappa shape index (κ2) is 9.64. The summed E-state index contributed by atoms with van der Waals surface area (Å²) in [4.78, 5) is 32.2. The molecule has 12 heteroatoms. The molecule has 1 aliphatic rings. The van der Waals surface area contributed by atoms with Crippen LogP contribution in [0.25, 0.3) is 0 Å². The van der Waals surface area contributed by atoms with Gasteiger partial charge in [-0.15, -0.1) is 10.2 Å². The van der Waals surface area contributed by atoms with Gasteiger partial charge in [-0.3, -0.25) is 9.59 Å². The molecule has 3 aromatic rings. The van der Waals surface area contributed by atoms with E-state index in [1.165, 1.54) is 35.4 Å². The van der Waals surface area contributed by atoms with Crippen molar-refractivity contribution in [1.82, 2.24) is 20.1 Å². The Morgan fingerprint density at radius 1 is 0.941 bits per heavy atom. The van der Waals surface area contributed by atoms with Crippen molar-refractivity contribution in [3.8, 4) is 0 Å². The Balaban J connectivity index is 1.37. The van der Waals surface area contributed by atoms with Gasteiger partial charge in [-0.1, -0.05) is 23.7 Å². The Kier molecular flexibility index (Phi) is 6.64. The van der Waals surface area contributed by atoms with Gasteiger partial charge in [0, 0.05) is 32.4 Å². The third-order valence-corrected chi connectivity index (χ3v) is 5.43. The molecule has 8 nitrogen and oxygen atoms in total. The SMILES string of the molecule is O=C(Nc1ccc(Cl)cn1)c1ccc(N2CCN(C(=O)c3ccccc3C(F)(F)F)CC2)nn1. The lowest BCUT2D eigenvalue weighted by Gasteiger charge is -2.35. The topological polar surface area (TPSA) is 91.3 Å². The lowest BCUT2D eigenvalue weighted by molar-refractivity contribution is -0.138. The number of hydrogen-bond acceptors (Lipinski definition) is 6. The van der Waals surface area contributed by atoms with Gasteiger partial charge >= 0.3 is 6.18 Å². The number of aromatic nitrogens is 3. The van der Waals surface area contributed by atoms with Crippen LogP contribution in [-0.4, -0.2) is 58.1 Å². The largest absolute Gasteiger partial charge is 0.417 e. The van der Waals surface area contributed by atoms with Gasteiger partial charge in [0.15, 0.2) is 11.5 Å². The van der Waals surface area contributed by atoms with E-state index in [0.717, 1.165) is 6.07 Å². The summed E-state index contributed by atoms with van der Waals surface area (Å²) in [7, 11) is 0. The predicted octanol–water partition coefficient (Wildman–Crippen LogP) is 3.76. The van der Waals surface area contributed by atoms with Gasteiger partial charge in [-0.05, 0) is 36.4 Å². The van der Waals surface area contributed by atoms with E-state index in [1.807, 2.05) is 4.90 Å². The van der Waals surface area contributed by atoms with Crippen LogP contribution in [0.2, 0.25) is 5.02 Å². The third kappa shape index (κ3) is 5.25. The van der Waals surface area contributed by atoms with Crippen LogP contribution in [0.4, 0.5) is 24.8 Å². The number of amides is 2. The number of pyridine rings is 1. The molecule has 2 aromatic heterocycles. The minimum atomic E-state index is -4.61. The number of nitrogens with zero attached hydrogens (tertiary/aromatic N) is 5. The summed E-state index contributed by atoms with van der Waals surface area (Å²) in [6.07, 6.45) is -3.21. The van der Waals surface area contributed by atoms with Crippen molar-refractivity contribution in [3.05, 3.63) is 76.6 Å². The zero-order chi connectivity index (χ0) is 24.3. The number of hydrogen-bond donors (Lipinski definition) is 1. The van der Waals surface area contributed by atoms with Crippen LogP contribution in [0.5, 0.6) is 0 Å². The fourth-order valence-electron chi connectivity index (χ4n) is 3.47. The van der Waals surface area contributed by atoms with Crippen LogP contribution in [0.1, 0.15) is 26.4 Å². The second-order valence-corrected chi connectivity index (χ2v) is 7.85. The van der Waals surface area contributed by atoms with E-state index in [1.54, 1.807) is 18.2 Å². The molecule has 1 aliphatic heterocycles. The minimum Gasteiger partial charge on any atom is -0.352 e. The highest BCUT2D eigenvalue weighted by atomic mass is 35.5. The molecule has 0 radical (unpaired) electrons. The first-order valence-electron chi connectivity index (χ1n) is 10.2. The molecule has 34 heavy (non-hydrogen) atoms. The molecule has 0 bridgehead atoms. The van der Waals surface area contributed by atoms with E-state index in [2.05, 4.69) is 20.5 Å². The molecule has 0 atom stereocenters. The smallest absolute Gasteiger partial charge is 0.352 e. The fourth-order valence-corrected chi connectivity index (χ4v) is 3.58. The van der Waals surface area contributed by atoms with E-state index in [4.69, 9.17) is 11.6 Å². The average Bonchev–Trinajstić information content (AvgIpc) is 2.84. The average molecular weight is 491 g/mol. The molecule has 0 aliphatic carbocycles. The second-order valence-electron chi connectivity index (χ2n) is 7.42. The van der Waals surface area contributed by atoms with Crippen LogP contribution in [0, 0.1) is 0 Å². The first kappa shape index (κ1) is 23.4. The van der Waals surface area contributed by atoms with Crippen molar-refractivity contribution in [3.63, 3.8) is 0 Å². The van der Waals surface area contributed by atoms with Crippen LogP contribution in [0.3, 0.4) is 0 Å². The zero-order valence-electron chi connectivity index (χ0n) is 17.6. The van der Waals surface area contributed by atoms with Crippen molar-refractivity contribution < 1.29 is 22.8 Å². The van der Waals surface area contributed by atoms with Crippen LogP contribution < -0.4 is 10.2 Å². The predicted molar refractivity (Wildman–Crippen MR) is 119 cm³/mol. The van der Waals surface area contributed by atoms with E-state index >= 15 is 0 Å². The molecule has 0 saturated carbocycles. The summed E-state index contributed by atoms with van der Waals surface area (Å²) >= 11 is 5.77. The molecule has 2 amide bonds. The van der Waals surface area contributed by atoms with Gasteiger partial charge < -0.3 is 15.1 Å². The van der Waals surface area contributed by atoms with Crippen LogP contribution >= 0.6 is 11.6 Å². The maximum absolute atomic E-state index is 13.3. The first-order valence-corrected chi connectivity index (χ1v) is 10.6. The summed E-state index contributed by atoms with van der Waals surface area (Å²) in [5.74, 6) is -0.355. The molecule has 0 unspecified atom stereocenters. The van der Waals surface area contributed by atoms with E-state index in [-0.39, 0.29) is 24.3 Å². The number of benzene rings is 1. The molecule has 0 spiro atoms. The molecular formula is C22H18ClF3N6O2. The number of carbonyl (C=O) groups excluding carboxylic acids is 2. The lowest BCUT2D eigenvalue weighted by atomic mass is 10.1. The summed E-state index contributed by atoms with van der Waals surface area (Å²) in [6.45, 7) is 1.15. The lowest BCUT2D eigenvalue weighted by Crippen LogP contribution is -2.49. The Bertz CT molecular complexity index is 1180. The molecule has 1 saturated heterocycles. The van der Waals surface area contributed by atoms with E-state index < -0.39 is 23.6 Å². The Hall–Kier alpha value is -3.73. The van der Waals surface area contributed by atoms with Crippen LogP contribution in [-0.2, 0) is 6.18 Å². The molecule has 3 heterocycles. The highest BCUT2D eigenvalue weighted by Gasteiger charge is 2.36. The third-order valence-electron chi connectivity index (χ3n) is 5.21. The van der Waals surface area contributed by atoms with Gasteiger partial charge in [0.25, 0.3) is 11.8 Å². The number of nitrogens with one attached hydrogen (secondary N) is 1. The first-order chi connectivity index (χ1) is 16.2. The van der Waals surface area contributed by atoms with Gasteiger partial charge in [-0.2, -0.15) is 13.2 Å². The summed E-state index contributed by atoms with van der Waals surface area (Å²) in [5.41, 5.74) is -1.23. The number of carbonyl (C=O) groups is 2. The highest BCUT2D eigenvalue weighted by Crippen LogP contribution is 2.32. The van der Waals surface area contributed by atoms with Crippen molar-refractivity contribution >= 4 is 35.1 Å². The maximum atomic E-state index is 13.3. The maximum Gasteiger partial charge on any atom is 0.417 e. The van der Waals surface area contributed by atoms with Crippen molar-refractivity contribution in [2.45, 2.75) is 6.18 Å². The Labute approximate surface area is 197 Å². The zero-order valence-corrected chi connectivity index (χ0v) is 18.3. The van der Waals surface area contributed by atoms with Gasteiger partial charge in [-0.25, -0.2) is 4.98 Å². The summed E-state index contributed by atoms with van der Waals surface area (Å²) in [5, 5.41) is 11.0. The van der Waals surface area contributed by atoms with Crippen molar-refractivity contribution in [2.75, 3.05) is 36.4 Å². The number of piperazine rings is 1. The highest BCUT2D eigenvalue weighted by molar-refractivity contribution is 6.30. The van der Waals surface area contributed by atoms with E-state index in [9.17, 15) is 22.8 Å². The standard InChI is InChI=1S/C22H18ClF3N6O2/c23-14-5-7-18(27-13-14)28-20(33)17-6-8-19(30-29-17)31-9-11-32(12-10-31)21(34)15-3-1-2-4-16(15)22(24,25)26/h1-8,13H,9-12H2,(H,27,28,33). The van der Waals surface area contributed by atoms with Crippen molar-refractivity contribution in [2.24, 2.45) is 0 Å².